The van der Waals surface area contributed by atoms with Crippen molar-refractivity contribution < 1.29 is 9.90 Å². The number of halogens is 1. The Balaban J connectivity index is 2.10. The molecule has 0 aliphatic heterocycles. The first kappa shape index (κ1) is 11.2. The first-order chi connectivity index (χ1) is 7.65. The molecule has 0 aliphatic rings. The molecule has 2 N–H and O–H groups in total. The van der Waals surface area contributed by atoms with Gasteiger partial charge in [0.1, 0.15) is 0 Å². The summed E-state index contributed by atoms with van der Waals surface area (Å²) in [6.45, 7) is 0.378. The lowest BCUT2D eigenvalue weighted by Crippen LogP contribution is -2.06. The highest BCUT2D eigenvalue weighted by Crippen LogP contribution is 2.28. The topological polar surface area (TPSA) is 62.2 Å². The average molecular weight is 257 g/mol. The minimum absolute atomic E-state index is 0.0800. The molecule has 0 radical (unpaired) electrons. The van der Waals surface area contributed by atoms with Gasteiger partial charge in [-0.05, 0) is 18.2 Å². The second kappa shape index (κ2) is 4.67. The molecular weight excluding hydrogens is 248 g/mol. The third-order valence-corrected chi connectivity index (χ3v) is 3.18. The van der Waals surface area contributed by atoms with Crippen LogP contribution in [0.15, 0.2) is 18.2 Å². The third kappa shape index (κ3) is 2.62. The Hall–Kier alpha value is -1.33. The molecule has 0 saturated heterocycles. The van der Waals surface area contributed by atoms with Crippen LogP contribution in [0.25, 0.3) is 10.2 Å². The number of carboxylic acids is 1. The highest BCUT2D eigenvalue weighted by atomic mass is 35.5. The lowest BCUT2D eigenvalue weighted by atomic mass is 10.3. The highest BCUT2D eigenvalue weighted by Gasteiger charge is 2.04. The monoisotopic (exact) mass is 256 g/mol. The molecule has 0 bridgehead atoms. The van der Waals surface area contributed by atoms with Gasteiger partial charge >= 0.3 is 5.97 Å². The highest BCUT2D eigenvalue weighted by molar-refractivity contribution is 7.22. The Kier molecular flexibility index (Phi) is 3.26. The van der Waals surface area contributed by atoms with Crippen molar-refractivity contribution in [3.8, 4) is 0 Å². The zero-order chi connectivity index (χ0) is 11.5. The van der Waals surface area contributed by atoms with Gasteiger partial charge in [0.25, 0.3) is 0 Å². The van der Waals surface area contributed by atoms with Crippen molar-refractivity contribution in [2.24, 2.45) is 0 Å². The number of fused-ring (bicyclic) bond motifs is 1. The molecule has 6 heteroatoms. The van der Waals surface area contributed by atoms with Crippen molar-refractivity contribution in [1.82, 2.24) is 4.98 Å². The molecule has 1 aromatic heterocycles. The van der Waals surface area contributed by atoms with Crippen LogP contribution < -0.4 is 5.32 Å². The van der Waals surface area contributed by atoms with Gasteiger partial charge in [0.2, 0.25) is 0 Å². The fourth-order valence-electron chi connectivity index (χ4n) is 1.25. The molecule has 4 nitrogen and oxygen atoms in total. The minimum atomic E-state index is -0.823. The Bertz CT molecular complexity index is 527. The quantitative estimate of drug-likeness (QED) is 0.883. The first-order valence-electron chi connectivity index (χ1n) is 4.67. The van der Waals surface area contributed by atoms with E-state index in [0.717, 1.165) is 15.3 Å². The lowest BCUT2D eigenvalue weighted by Gasteiger charge is -1.97. The number of nitrogens with zero attached hydrogens (tertiary/aromatic N) is 1. The van der Waals surface area contributed by atoms with Crippen molar-refractivity contribution in [3.63, 3.8) is 0 Å². The van der Waals surface area contributed by atoms with E-state index < -0.39 is 5.97 Å². The van der Waals surface area contributed by atoms with Crippen LogP contribution in [0.2, 0.25) is 5.02 Å². The third-order valence-electron chi connectivity index (χ3n) is 1.97. The number of rotatable bonds is 4. The molecule has 0 spiro atoms. The second-order valence-electron chi connectivity index (χ2n) is 3.20. The van der Waals surface area contributed by atoms with Crippen molar-refractivity contribution in [2.75, 3.05) is 11.9 Å². The van der Waals surface area contributed by atoms with Crippen LogP contribution in [-0.4, -0.2) is 22.6 Å². The number of benzene rings is 1. The molecule has 1 aromatic carbocycles. The predicted molar refractivity (Wildman–Crippen MR) is 65.4 cm³/mol. The molecule has 0 aliphatic carbocycles. The first-order valence-corrected chi connectivity index (χ1v) is 5.86. The number of thiazole rings is 1. The number of carbonyl (C=O) groups is 1. The zero-order valence-electron chi connectivity index (χ0n) is 8.24. The lowest BCUT2D eigenvalue weighted by molar-refractivity contribution is -0.136. The van der Waals surface area contributed by atoms with E-state index >= 15 is 0 Å². The van der Waals surface area contributed by atoms with E-state index in [1.807, 2.05) is 12.1 Å². The van der Waals surface area contributed by atoms with Crippen molar-refractivity contribution >= 4 is 44.3 Å². The SMILES string of the molecule is O=C(O)CCNc1nc2ccc(Cl)cc2s1. The molecular formula is C10H9ClN2O2S. The number of carboxylic acid groups (broad SMARTS) is 1. The molecule has 0 unspecified atom stereocenters. The van der Waals surface area contributed by atoms with Crippen molar-refractivity contribution in [2.45, 2.75) is 6.42 Å². The Morgan fingerprint density at radius 2 is 2.38 bits per heavy atom. The molecule has 2 rings (SSSR count). The van der Waals surface area contributed by atoms with Gasteiger partial charge in [0.05, 0.1) is 16.6 Å². The molecule has 0 amide bonds. The summed E-state index contributed by atoms with van der Waals surface area (Å²) in [6.07, 6.45) is 0.0800. The molecule has 2 aromatic rings. The summed E-state index contributed by atoms with van der Waals surface area (Å²) in [5.74, 6) is -0.823. The normalized spacial score (nSPS) is 10.6. The number of hydrogen-bond acceptors (Lipinski definition) is 4. The van der Waals surface area contributed by atoms with E-state index in [9.17, 15) is 4.79 Å². The van der Waals surface area contributed by atoms with Gasteiger partial charge in [0, 0.05) is 11.6 Å². The van der Waals surface area contributed by atoms with Crippen LogP contribution >= 0.6 is 22.9 Å². The minimum Gasteiger partial charge on any atom is -0.481 e. The van der Waals surface area contributed by atoms with E-state index in [4.69, 9.17) is 16.7 Å². The van der Waals surface area contributed by atoms with Crippen LogP contribution in [-0.2, 0) is 4.79 Å². The maximum Gasteiger partial charge on any atom is 0.305 e. The van der Waals surface area contributed by atoms with Crippen LogP contribution in [0.3, 0.4) is 0 Å². The van der Waals surface area contributed by atoms with Gasteiger partial charge < -0.3 is 10.4 Å². The Labute approximate surface area is 101 Å². The van der Waals surface area contributed by atoms with Gasteiger partial charge in [-0.3, -0.25) is 4.79 Å². The molecule has 0 saturated carbocycles. The van der Waals surface area contributed by atoms with E-state index in [1.54, 1.807) is 6.07 Å². The summed E-state index contributed by atoms with van der Waals surface area (Å²) in [6, 6.07) is 5.47. The Morgan fingerprint density at radius 1 is 1.56 bits per heavy atom. The number of anilines is 1. The molecule has 16 heavy (non-hydrogen) atoms. The fourth-order valence-corrected chi connectivity index (χ4v) is 2.42. The largest absolute Gasteiger partial charge is 0.481 e. The summed E-state index contributed by atoms with van der Waals surface area (Å²) >= 11 is 7.32. The number of nitrogens with one attached hydrogen (secondary N) is 1. The van der Waals surface area contributed by atoms with Crippen molar-refractivity contribution in [3.05, 3.63) is 23.2 Å². The summed E-state index contributed by atoms with van der Waals surface area (Å²) in [5.41, 5.74) is 0.868. The maximum absolute atomic E-state index is 10.3. The van der Waals surface area contributed by atoms with Gasteiger partial charge in [-0.25, -0.2) is 4.98 Å². The number of aliphatic carboxylic acids is 1. The smallest absolute Gasteiger partial charge is 0.305 e. The summed E-state index contributed by atoms with van der Waals surface area (Å²) in [7, 11) is 0. The van der Waals surface area contributed by atoms with Crippen LogP contribution in [0.1, 0.15) is 6.42 Å². The van der Waals surface area contributed by atoms with Crippen molar-refractivity contribution in [1.29, 1.82) is 0 Å². The summed E-state index contributed by atoms with van der Waals surface area (Å²) < 4.78 is 0.991. The molecule has 0 fully saturated rings. The standard InChI is InChI=1S/C10H9ClN2O2S/c11-6-1-2-7-8(5-6)16-10(13-7)12-4-3-9(14)15/h1-2,5H,3-4H2,(H,12,13)(H,14,15). The van der Waals surface area contributed by atoms with Gasteiger partial charge in [-0.15, -0.1) is 0 Å². The van der Waals surface area contributed by atoms with Crippen LogP contribution in [0.4, 0.5) is 5.13 Å². The van der Waals surface area contributed by atoms with Gasteiger partial charge in [-0.1, -0.05) is 22.9 Å². The Morgan fingerprint density at radius 3 is 3.12 bits per heavy atom. The van der Waals surface area contributed by atoms with Gasteiger partial charge in [-0.2, -0.15) is 0 Å². The zero-order valence-corrected chi connectivity index (χ0v) is 9.81. The van der Waals surface area contributed by atoms with Crippen LogP contribution in [0.5, 0.6) is 0 Å². The van der Waals surface area contributed by atoms with E-state index in [0.29, 0.717) is 11.6 Å². The second-order valence-corrected chi connectivity index (χ2v) is 4.67. The molecule has 1 heterocycles. The predicted octanol–water partition coefficient (Wildman–Crippen LogP) is 2.84. The number of hydrogen-bond donors (Lipinski definition) is 2. The van der Waals surface area contributed by atoms with Crippen LogP contribution in [0, 0.1) is 0 Å². The number of aromatic nitrogens is 1. The van der Waals surface area contributed by atoms with E-state index in [2.05, 4.69) is 10.3 Å². The average Bonchev–Trinajstić information content (AvgIpc) is 2.58. The summed E-state index contributed by atoms with van der Waals surface area (Å²) in [4.78, 5) is 14.6. The van der Waals surface area contributed by atoms with E-state index in [1.165, 1.54) is 11.3 Å². The summed E-state index contributed by atoms with van der Waals surface area (Å²) in [5, 5.41) is 12.9. The van der Waals surface area contributed by atoms with E-state index in [-0.39, 0.29) is 6.42 Å². The van der Waals surface area contributed by atoms with Gasteiger partial charge in [0.15, 0.2) is 5.13 Å². The molecule has 0 atom stereocenters. The maximum atomic E-state index is 10.3. The fraction of sp³-hybridized carbons (Fsp3) is 0.200. The molecule has 84 valence electrons.